The number of nitrogens with one attached hydrogen (secondary N) is 1. The minimum atomic E-state index is -3.14. The molecule has 0 aliphatic carbocycles. The maximum atomic E-state index is 11.1. The first kappa shape index (κ1) is 12.0. The van der Waals surface area contributed by atoms with Crippen LogP contribution in [0.4, 0.5) is 4.79 Å². The molecular weight excluding hydrogens is 222 g/mol. The lowest BCUT2D eigenvalue weighted by Crippen LogP contribution is -2.36. The molecule has 1 aliphatic rings. The van der Waals surface area contributed by atoms with Gasteiger partial charge in [-0.2, -0.15) is 0 Å². The molecule has 0 fully saturated rings. The van der Waals surface area contributed by atoms with Gasteiger partial charge >= 0.3 is 6.09 Å². The lowest BCUT2D eigenvalue weighted by molar-refractivity contribution is 0.0978. The number of hydrogen-bond acceptors (Lipinski definition) is 5. The summed E-state index contributed by atoms with van der Waals surface area (Å²) in [7, 11) is -1.65. The summed E-state index contributed by atoms with van der Waals surface area (Å²) in [6, 6.07) is -0.495. The van der Waals surface area contributed by atoms with E-state index >= 15 is 0 Å². The van der Waals surface area contributed by atoms with Gasteiger partial charge in [0.15, 0.2) is 9.84 Å². The zero-order valence-electron chi connectivity index (χ0n) is 8.30. The Labute approximate surface area is 88.2 Å². The van der Waals surface area contributed by atoms with Crippen molar-refractivity contribution in [1.29, 1.82) is 0 Å². The summed E-state index contributed by atoms with van der Waals surface area (Å²) in [5, 5.41) is 3.50. The Bertz CT molecular complexity index is 348. The smallest absolute Gasteiger partial charge is 0.407 e. The third-order valence-electron chi connectivity index (χ3n) is 1.75. The predicted molar refractivity (Wildman–Crippen MR) is 53.1 cm³/mol. The molecule has 7 heteroatoms. The summed E-state index contributed by atoms with van der Waals surface area (Å²) in [4.78, 5) is 11.1. The van der Waals surface area contributed by atoms with Crippen molar-refractivity contribution in [2.24, 2.45) is 0 Å². The van der Waals surface area contributed by atoms with Crippen LogP contribution in [0.5, 0.6) is 0 Å². The van der Waals surface area contributed by atoms with Crippen LogP contribution >= 0.6 is 0 Å². The number of carbonyl (C=O) groups is 1. The standard InChI is InChI=1S/C8H13NO5S/c1-13-3-4-14-8(10)9-7-2-5-15(11,12)6-7/h2,5,7H,3-4,6H2,1H3,(H,9,10). The highest BCUT2D eigenvalue weighted by Crippen LogP contribution is 2.07. The molecule has 0 aromatic heterocycles. The van der Waals surface area contributed by atoms with Crippen molar-refractivity contribution in [1.82, 2.24) is 5.32 Å². The fourth-order valence-corrected chi connectivity index (χ4v) is 2.31. The first-order valence-corrected chi connectivity index (χ1v) is 6.08. The van der Waals surface area contributed by atoms with Crippen LogP contribution in [0.2, 0.25) is 0 Å². The Morgan fingerprint density at radius 2 is 2.27 bits per heavy atom. The van der Waals surface area contributed by atoms with Gasteiger partial charge in [0.25, 0.3) is 0 Å². The third kappa shape index (κ3) is 4.30. The first-order valence-electron chi connectivity index (χ1n) is 4.37. The monoisotopic (exact) mass is 235 g/mol. The minimum Gasteiger partial charge on any atom is -0.447 e. The second-order valence-corrected chi connectivity index (χ2v) is 4.97. The molecule has 0 saturated carbocycles. The van der Waals surface area contributed by atoms with E-state index in [9.17, 15) is 13.2 Å². The number of alkyl carbamates (subject to hydrolysis) is 1. The molecule has 0 aromatic rings. The Hall–Kier alpha value is -1.08. The van der Waals surface area contributed by atoms with Crippen molar-refractivity contribution in [3.05, 3.63) is 11.5 Å². The quantitative estimate of drug-likeness (QED) is 0.675. The van der Waals surface area contributed by atoms with Crippen LogP contribution in [-0.4, -0.2) is 46.6 Å². The number of sulfone groups is 1. The molecule has 0 saturated heterocycles. The number of rotatable bonds is 4. The van der Waals surface area contributed by atoms with E-state index < -0.39 is 22.0 Å². The highest BCUT2D eigenvalue weighted by molar-refractivity contribution is 7.94. The summed E-state index contributed by atoms with van der Waals surface area (Å²) in [6.45, 7) is 0.456. The van der Waals surface area contributed by atoms with Gasteiger partial charge in [-0.25, -0.2) is 13.2 Å². The highest BCUT2D eigenvalue weighted by atomic mass is 32.2. The number of methoxy groups -OCH3 is 1. The largest absolute Gasteiger partial charge is 0.447 e. The van der Waals surface area contributed by atoms with E-state index in [1.165, 1.54) is 13.2 Å². The predicted octanol–water partition coefficient (Wildman–Crippen LogP) is -0.330. The molecule has 1 N–H and O–H groups in total. The molecule has 86 valence electrons. The number of hydrogen-bond donors (Lipinski definition) is 1. The normalized spacial score (nSPS) is 22.6. The fourth-order valence-electron chi connectivity index (χ4n) is 1.08. The molecular formula is C8H13NO5S. The maximum absolute atomic E-state index is 11.1. The van der Waals surface area contributed by atoms with E-state index in [1.807, 2.05) is 0 Å². The van der Waals surface area contributed by atoms with E-state index in [0.717, 1.165) is 5.41 Å². The van der Waals surface area contributed by atoms with Crippen molar-refractivity contribution in [2.45, 2.75) is 6.04 Å². The molecule has 6 nitrogen and oxygen atoms in total. The van der Waals surface area contributed by atoms with E-state index in [1.54, 1.807) is 0 Å². The summed E-state index contributed by atoms with van der Waals surface area (Å²) in [5.41, 5.74) is 0. The molecule has 1 heterocycles. The van der Waals surface area contributed by atoms with E-state index in [2.05, 4.69) is 10.1 Å². The molecule has 0 spiro atoms. The van der Waals surface area contributed by atoms with Crippen molar-refractivity contribution in [3.63, 3.8) is 0 Å². The Balaban J connectivity index is 2.26. The molecule has 0 bridgehead atoms. The molecule has 1 atom stereocenters. The van der Waals surface area contributed by atoms with Gasteiger partial charge in [-0.3, -0.25) is 0 Å². The summed E-state index contributed by atoms with van der Waals surface area (Å²) in [6.07, 6.45) is 0.784. The lowest BCUT2D eigenvalue weighted by Gasteiger charge is -2.09. The van der Waals surface area contributed by atoms with Crippen LogP contribution in [0.25, 0.3) is 0 Å². The summed E-state index contributed by atoms with van der Waals surface area (Å²) < 4.78 is 31.4. The van der Waals surface area contributed by atoms with Crippen molar-refractivity contribution in [3.8, 4) is 0 Å². The average Bonchev–Trinajstić information content (AvgIpc) is 2.46. The molecule has 1 unspecified atom stereocenters. The van der Waals surface area contributed by atoms with Crippen LogP contribution in [0, 0.1) is 0 Å². The first-order chi connectivity index (χ1) is 7.03. The SMILES string of the molecule is COCCOC(=O)NC1C=CS(=O)(=O)C1. The topological polar surface area (TPSA) is 81.7 Å². The van der Waals surface area contributed by atoms with Crippen LogP contribution < -0.4 is 5.32 Å². The summed E-state index contributed by atoms with van der Waals surface area (Å²) >= 11 is 0. The van der Waals surface area contributed by atoms with Crippen LogP contribution in [0.1, 0.15) is 0 Å². The number of amides is 1. The zero-order valence-corrected chi connectivity index (χ0v) is 9.12. The number of ether oxygens (including phenoxy) is 2. The Morgan fingerprint density at radius 3 is 2.80 bits per heavy atom. The van der Waals surface area contributed by atoms with Gasteiger partial charge in [0.1, 0.15) is 6.61 Å². The van der Waals surface area contributed by atoms with Crippen LogP contribution in [-0.2, 0) is 19.3 Å². The minimum absolute atomic E-state index is 0.105. The van der Waals surface area contributed by atoms with Crippen molar-refractivity contribution in [2.75, 3.05) is 26.1 Å². The van der Waals surface area contributed by atoms with Crippen molar-refractivity contribution < 1.29 is 22.7 Å². The van der Waals surface area contributed by atoms with Gasteiger partial charge in [0.2, 0.25) is 0 Å². The molecule has 1 rings (SSSR count). The van der Waals surface area contributed by atoms with Gasteiger partial charge in [-0.15, -0.1) is 0 Å². The van der Waals surface area contributed by atoms with E-state index in [0.29, 0.717) is 6.61 Å². The van der Waals surface area contributed by atoms with Gasteiger partial charge in [-0.1, -0.05) is 0 Å². The second-order valence-electron chi connectivity index (χ2n) is 3.04. The molecule has 1 amide bonds. The van der Waals surface area contributed by atoms with E-state index in [4.69, 9.17) is 4.74 Å². The third-order valence-corrected chi connectivity index (χ3v) is 3.15. The van der Waals surface area contributed by atoms with Gasteiger partial charge in [-0.05, 0) is 6.08 Å². The zero-order chi connectivity index (χ0) is 11.3. The van der Waals surface area contributed by atoms with Gasteiger partial charge in [0, 0.05) is 12.5 Å². The van der Waals surface area contributed by atoms with Gasteiger partial charge < -0.3 is 14.8 Å². The molecule has 1 aliphatic heterocycles. The number of carbonyl (C=O) groups excluding carboxylic acids is 1. The van der Waals surface area contributed by atoms with Crippen LogP contribution in [0.15, 0.2) is 11.5 Å². The molecule has 0 aromatic carbocycles. The van der Waals surface area contributed by atoms with Crippen molar-refractivity contribution >= 4 is 15.9 Å². The summed E-state index contributed by atoms with van der Waals surface area (Å²) in [5.74, 6) is -0.105. The average molecular weight is 235 g/mol. The van der Waals surface area contributed by atoms with Crippen LogP contribution in [0.3, 0.4) is 0 Å². The highest BCUT2D eigenvalue weighted by Gasteiger charge is 2.23. The maximum Gasteiger partial charge on any atom is 0.407 e. The fraction of sp³-hybridized carbons (Fsp3) is 0.625. The Morgan fingerprint density at radius 1 is 1.53 bits per heavy atom. The van der Waals surface area contributed by atoms with Gasteiger partial charge in [0.05, 0.1) is 18.4 Å². The Kier molecular flexibility index (Phi) is 4.10. The second kappa shape index (κ2) is 5.13. The molecule has 0 radical (unpaired) electrons. The van der Waals surface area contributed by atoms with E-state index in [-0.39, 0.29) is 12.4 Å². The lowest BCUT2D eigenvalue weighted by atomic mass is 10.3. The molecule has 15 heavy (non-hydrogen) atoms.